The number of carbonyl (C=O) groups is 1. The predicted octanol–water partition coefficient (Wildman–Crippen LogP) is 1.01. The van der Waals surface area contributed by atoms with Crippen LogP contribution in [0.5, 0.6) is 0 Å². The van der Waals surface area contributed by atoms with Gasteiger partial charge >= 0.3 is 0 Å². The fourth-order valence-corrected chi connectivity index (χ4v) is 2.67. The van der Waals surface area contributed by atoms with Gasteiger partial charge < -0.3 is 14.6 Å². The maximum Gasteiger partial charge on any atom is 0.254 e. The quantitative estimate of drug-likeness (QED) is 0.897. The van der Waals surface area contributed by atoms with Gasteiger partial charge in [-0.1, -0.05) is 6.92 Å². The number of hydrogen-bond donors (Lipinski definition) is 1. The first kappa shape index (κ1) is 14.8. The number of piperidine rings is 1. The van der Waals surface area contributed by atoms with Crippen LogP contribution < -0.4 is 5.56 Å². The van der Waals surface area contributed by atoms with Crippen molar-refractivity contribution < 1.29 is 9.90 Å². The van der Waals surface area contributed by atoms with Crippen molar-refractivity contribution >= 4 is 5.91 Å². The summed E-state index contributed by atoms with van der Waals surface area (Å²) in [6.45, 7) is 3.54. The molecule has 0 aliphatic carbocycles. The highest BCUT2D eigenvalue weighted by molar-refractivity contribution is 5.94. The zero-order chi connectivity index (χ0) is 14.8. The zero-order valence-corrected chi connectivity index (χ0v) is 12.1. The molecule has 0 bridgehead atoms. The molecule has 110 valence electrons. The zero-order valence-electron chi connectivity index (χ0n) is 12.1. The molecule has 2 heterocycles. The Labute approximate surface area is 118 Å². The molecule has 1 aromatic heterocycles. The van der Waals surface area contributed by atoms with Crippen LogP contribution in [0.4, 0.5) is 0 Å². The van der Waals surface area contributed by atoms with Gasteiger partial charge in [0.1, 0.15) is 0 Å². The summed E-state index contributed by atoms with van der Waals surface area (Å²) in [7, 11) is 1.66. The van der Waals surface area contributed by atoms with E-state index in [1.807, 2.05) is 0 Å². The van der Waals surface area contributed by atoms with E-state index in [9.17, 15) is 14.7 Å². The number of nitrogens with zero attached hydrogens (tertiary/aromatic N) is 2. The fourth-order valence-electron chi connectivity index (χ4n) is 2.67. The van der Waals surface area contributed by atoms with E-state index < -0.39 is 0 Å². The average Bonchev–Trinajstić information content (AvgIpc) is 2.49. The maximum atomic E-state index is 12.4. The van der Waals surface area contributed by atoms with Crippen LogP contribution >= 0.6 is 0 Å². The molecule has 1 aliphatic heterocycles. The number of aromatic nitrogens is 1. The molecule has 1 N–H and O–H groups in total. The van der Waals surface area contributed by atoms with E-state index in [-0.39, 0.29) is 23.5 Å². The summed E-state index contributed by atoms with van der Waals surface area (Å²) in [5, 5.41) is 9.50. The van der Waals surface area contributed by atoms with Gasteiger partial charge in [-0.25, -0.2) is 0 Å². The molecule has 5 heteroatoms. The first-order valence-corrected chi connectivity index (χ1v) is 7.08. The average molecular weight is 278 g/mol. The van der Waals surface area contributed by atoms with Gasteiger partial charge in [0.15, 0.2) is 0 Å². The Morgan fingerprint density at radius 3 is 2.55 bits per heavy atom. The van der Waals surface area contributed by atoms with Gasteiger partial charge in [-0.2, -0.15) is 0 Å². The molecular formula is C15H22N2O3. The van der Waals surface area contributed by atoms with Gasteiger partial charge in [-0.3, -0.25) is 9.59 Å². The minimum absolute atomic E-state index is 0.0381. The van der Waals surface area contributed by atoms with Crippen molar-refractivity contribution in [2.45, 2.75) is 26.2 Å². The lowest BCUT2D eigenvalue weighted by Gasteiger charge is -2.40. The van der Waals surface area contributed by atoms with Crippen LogP contribution in [-0.4, -0.2) is 40.2 Å². The Morgan fingerprint density at radius 2 is 2.05 bits per heavy atom. The Morgan fingerprint density at radius 1 is 1.40 bits per heavy atom. The van der Waals surface area contributed by atoms with Gasteiger partial charge in [0, 0.05) is 44.6 Å². The third-order valence-electron chi connectivity index (χ3n) is 4.55. The second-order valence-electron chi connectivity index (χ2n) is 5.67. The second-order valence-corrected chi connectivity index (χ2v) is 5.67. The summed E-state index contributed by atoms with van der Waals surface area (Å²) in [4.78, 5) is 25.7. The molecule has 0 radical (unpaired) electrons. The Bertz CT molecular complexity index is 536. The van der Waals surface area contributed by atoms with Crippen molar-refractivity contribution in [3.63, 3.8) is 0 Å². The SMILES string of the molecule is CCC1(CO)CCN(C(=O)c2ccn(C)c(=O)c2)CC1. The number of aliphatic hydroxyl groups is 1. The highest BCUT2D eigenvalue weighted by Crippen LogP contribution is 2.34. The van der Waals surface area contributed by atoms with E-state index in [0.29, 0.717) is 18.7 Å². The van der Waals surface area contributed by atoms with Gasteiger partial charge in [0.05, 0.1) is 0 Å². The molecule has 1 fully saturated rings. The fraction of sp³-hybridized carbons (Fsp3) is 0.600. The number of likely N-dealkylation sites (tertiary alicyclic amines) is 1. The van der Waals surface area contributed by atoms with Gasteiger partial charge in [-0.15, -0.1) is 0 Å². The second kappa shape index (κ2) is 5.79. The van der Waals surface area contributed by atoms with Crippen LogP contribution in [-0.2, 0) is 7.05 Å². The molecule has 0 spiro atoms. The molecule has 1 amide bonds. The van der Waals surface area contributed by atoms with Crippen molar-refractivity contribution in [1.29, 1.82) is 0 Å². The first-order valence-electron chi connectivity index (χ1n) is 7.08. The molecule has 1 aromatic rings. The minimum Gasteiger partial charge on any atom is -0.396 e. The predicted molar refractivity (Wildman–Crippen MR) is 76.6 cm³/mol. The van der Waals surface area contributed by atoms with Gasteiger partial charge in [0.25, 0.3) is 11.5 Å². The van der Waals surface area contributed by atoms with Crippen molar-refractivity contribution in [2.24, 2.45) is 12.5 Å². The van der Waals surface area contributed by atoms with Crippen LogP contribution in [0, 0.1) is 5.41 Å². The molecule has 1 saturated heterocycles. The Kier molecular flexibility index (Phi) is 4.28. The molecule has 0 unspecified atom stereocenters. The number of aliphatic hydroxyl groups excluding tert-OH is 1. The number of amides is 1. The van der Waals surface area contributed by atoms with E-state index in [2.05, 4.69) is 6.92 Å². The van der Waals surface area contributed by atoms with Crippen LogP contribution in [0.15, 0.2) is 23.1 Å². The molecule has 0 aromatic carbocycles. The van der Waals surface area contributed by atoms with Crippen LogP contribution in [0.25, 0.3) is 0 Å². The van der Waals surface area contributed by atoms with Gasteiger partial charge in [0.2, 0.25) is 0 Å². The van der Waals surface area contributed by atoms with Crippen LogP contribution in [0.2, 0.25) is 0 Å². The number of hydrogen-bond acceptors (Lipinski definition) is 3. The molecule has 5 nitrogen and oxygen atoms in total. The van der Waals surface area contributed by atoms with Crippen LogP contribution in [0.3, 0.4) is 0 Å². The molecule has 20 heavy (non-hydrogen) atoms. The van der Waals surface area contributed by atoms with Gasteiger partial charge in [-0.05, 0) is 30.7 Å². The highest BCUT2D eigenvalue weighted by Gasteiger charge is 2.34. The topological polar surface area (TPSA) is 62.5 Å². The minimum atomic E-state index is -0.175. The number of rotatable bonds is 3. The summed E-state index contributed by atoms with van der Waals surface area (Å²) in [6.07, 6.45) is 4.17. The summed E-state index contributed by atoms with van der Waals surface area (Å²) < 4.78 is 1.45. The summed E-state index contributed by atoms with van der Waals surface area (Å²) in [6, 6.07) is 3.06. The third kappa shape index (κ3) is 2.77. The molecule has 0 saturated carbocycles. The number of pyridine rings is 1. The lowest BCUT2D eigenvalue weighted by molar-refractivity contribution is 0.0338. The maximum absolute atomic E-state index is 12.4. The van der Waals surface area contributed by atoms with Crippen molar-refractivity contribution in [3.05, 3.63) is 34.2 Å². The third-order valence-corrected chi connectivity index (χ3v) is 4.55. The normalized spacial score (nSPS) is 18.1. The van der Waals surface area contributed by atoms with Crippen molar-refractivity contribution in [2.75, 3.05) is 19.7 Å². The lowest BCUT2D eigenvalue weighted by Crippen LogP contribution is -2.44. The smallest absolute Gasteiger partial charge is 0.254 e. The lowest BCUT2D eigenvalue weighted by atomic mass is 9.77. The summed E-state index contributed by atoms with van der Waals surface area (Å²) in [5.74, 6) is -0.0923. The Balaban J connectivity index is 2.08. The van der Waals surface area contributed by atoms with E-state index >= 15 is 0 Å². The van der Waals surface area contributed by atoms with E-state index in [0.717, 1.165) is 19.3 Å². The molecule has 1 aliphatic rings. The summed E-state index contributed by atoms with van der Waals surface area (Å²) >= 11 is 0. The largest absolute Gasteiger partial charge is 0.396 e. The monoisotopic (exact) mass is 278 g/mol. The highest BCUT2D eigenvalue weighted by atomic mass is 16.3. The molecular weight excluding hydrogens is 256 g/mol. The molecule has 2 rings (SSSR count). The number of aryl methyl sites for hydroxylation is 1. The van der Waals surface area contributed by atoms with E-state index in [1.54, 1.807) is 24.2 Å². The Hall–Kier alpha value is -1.62. The summed E-state index contributed by atoms with van der Waals surface area (Å²) in [5.41, 5.74) is 0.232. The van der Waals surface area contributed by atoms with E-state index in [1.165, 1.54) is 10.6 Å². The molecule has 0 atom stereocenters. The van der Waals surface area contributed by atoms with Crippen molar-refractivity contribution in [1.82, 2.24) is 9.47 Å². The van der Waals surface area contributed by atoms with E-state index in [4.69, 9.17) is 0 Å². The van der Waals surface area contributed by atoms with Crippen molar-refractivity contribution in [3.8, 4) is 0 Å². The standard InChI is InChI=1S/C15H22N2O3/c1-3-15(11-18)5-8-17(9-6-15)14(20)12-4-7-16(2)13(19)10-12/h4,7,10,18H,3,5-6,8-9,11H2,1-2H3. The van der Waals surface area contributed by atoms with Crippen LogP contribution in [0.1, 0.15) is 36.5 Å². The first-order chi connectivity index (χ1) is 9.51. The number of carbonyl (C=O) groups excluding carboxylic acids is 1.